The summed E-state index contributed by atoms with van der Waals surface area (Å²) in [5, 5.41) is 2.82. The summed E-state index contributed by atoms with van der Waals surface area (Å²) in [4.78, 5) is 24.9. The molecule has 0 N–H and O–H groups in total. The molecule has 0 spiro atoms. The van der Waals surface area contributed by atoms with Crippen LogP contribution in [0.25, 0.3) is 0 Å². The van der Waals surface area contributed by atoms with Crippen LogP contribution >= 0.6 is 0 Å². The van der Waals surface area contributed by atoms with E-state index in [1.807, 2.05) is 48.5 Å². The Kier molecular flexibility index (Phi) is 5.70. The predicted molar refractivity (Wildman–Crippen MR) is 84.3 cm³/mol. The molecule has 1 atom stereocenters. The highest BCUT2D eigenvalue weighted by Gasteiger charge is 2.39. The van der Waals surface area contributed by atoms with Crippen molar-refractivity contribution in [3.05, 3.63) is 0 Å². The number of hydrogen-bond donors (Lipinski definition) is 0. The third-order valence-electron chi connectivity index (χ3n) is 3.17. The Labute approximate surface area is 133 Å². The highest BCUT2D eigenvalue weighted by atomic mass is 16.6. The molecule has 1 unspecified atom stereocenters. The van der Waals surface area contributed by atoms with Crippen LogP contribution in [0.2, 0.25) is 0 Å². The summed E-state index contributed by atoms with van der Waals surface area (Å²) in [6.07, 6.45) is 1.46. The van der Waals surface area contributed by atoms with Gasteiger partial charge < -0.3 is 9.47 Å². The van der Waals surface area contributed by atoms with E-state index in [4.69, 9.17) is 9.47 Å². The van der Waals surface area contributed by atoms with Crippen LogP contribution in [0.4, 0.5) is 9.59 Å². The lowest BCUT2D eigenvalue weighted by molar-refractivity contribution is -0.0949. The first-order valence-corrected chi connectivity index (χ1v) is 7.97. The molecule has 0 bridgehead atoms. The van der Waals surface area contributed by atoms with Crippen molar-refractivity contribution in [2.45, 2.75) is 85.0 Å². The first-order chi connectivity index (χ1) is 9.94. The van der Waals surface area contributed by atoms with E-state index < -0.39 is 23.4 Å². The maximum Gasteiger partial charge on any atom is 0.429 e. The van der Waals surface area contributed by atoms with Crippen molar-refractivity contribution >= 4 is 12.2 Å². The van der Waals surface area contributed by atoms with Gasteiger partial charge in [0.05, 0.1) is 6.04 Å². The molecule has 22 heavy (non-hydrogen) atoms. The summed E-state index contributed by atoms with van der Waals surface area (Å²) in [7, 11) is 0. The van der Waals surface area contributed by atoms with Crippen LogP contribution < -0.4 is 0 Å². The molecule has 1 saturated heterocycles. The van der Waals surface area contributed by atoms with Crippen LogP contribution in [-0.2, 0) is 9.47 Å². The molecule has 1 rings (SSSR count). The minimum atomic E-state index is -0.605. The predicted octanol–water partition coefficient (Wildman–Crippen LogP) is 3.95. The van der Waals surface area contributed by atoms with Crippen molar-refractivity contribution in [1.29, 1.82) is 0 Å². The Hall–Kier alpha value is -1.46. The van der Waals surface area contributed by atoms with E-state index in [0.717, 1.165) is 19.3 Å². The van der Waals surface area contributed by atoms with Crippen molar-refractivity contribution in [3.8, 4) is 0 Å². The molecular formula is C16H30N2O4. The molecular weight excluding hydrogens is 284 g/mol. The van der Waals surface area contributed by atoms with Gasteiger partial charge in [0.2, 0.25) is 0 Å². The van der Waals surface area contributed by atoms with Crippen molar-refractivity contribution in [1.82, 2.24) is 10.0 Å². The normalized spacial score (nSPS) is 19.9. The van der Waals surface area contributed by atoms with E-state index in [9.17, 15) is 9.59 Å². The number of carbonyl (C=O) groups is 2. The van der Waals surface area contributed by atoms with Gasteiger partial charge in [-0.2, -0.15) is 0 Å². The Morgan fingerprint density at radius 2 is 1.50 bits per heavy atom. The highest BCUT2D eigenvalue weighted by Crippen LogP contribution is 2.25. The number of amides is 2. The fourth-order valence-corrected chi connectivity index (χ4v) is 2.33. The summed E-state index contributed by atoms with van der Waals surface area (Å²) in [5.74, 6) is 0. The largest absolute Gasteiger partial charge is 0.442 e. The second-order valence-electron chi connectivity index (χ2n) is 7.63. The van der Waals surface area contributed by atoms with Gasteiger partial charge in [-0.1, -0.05) is 6.92 Å². The summed E-state index contributed by atoms with van der Waals surface area (Å²) in [6, 6.07) is -0.0453. The van der Waals surface area contributed by atoms with E-state index in [-0.39, 0.29) is 6.04 Å². The highest BCUT2D eigenvalue weighted by molar-refractivity contribution is 5.75. The van der Waals surface area contributed by atoms with Gasteiger partial charge in [-0.3, -0.25) is 0 Å². The third kappa shape index (κ3) is 5.39. The molecule has 1 fully saturated rings. The quantitative estimate of drug-likeness (QED) is 0.735. The SMILES string of the molecule is CCC1CCCN(C(=O)OC(C)(C)C)N1C(=O)OC(C)(C)C. The fraction of sp³-hybridized carbons (Fsp3) is 0.875. The van der Waals surface area contributed by atoms with Crippen molar-refractivity contribution in [2.75, 3.05) is 6.54 Å². The second-order valence-corrected chi connectivity index (χ2v) is 7.63. The van der Waals surface area contributed by atoms with E-state index in [1.54, 1.807) is 0 Å². The zero-order valence-electron chi connectivity index (χ0n) is 14.9. The smallest absolute Gasteiger partial charge is 0.429 e. The Morgan fingerprint density at radius 1 is 1.00 bits per heavy atom. The number of nitrogens with zero attached hydrogens (tertiary/aromatic N) is 2. The Balaban J connectivity index is 2.96. The monoisotopic (exact) mass is 314 g/mol. The maximum atomic E-state index is 12.5. The van der Waals surface area contributed by atoms with Gasteiger partial charge in [0.25, 0.3) is 0 Å². The van der Waals surface area contributed by atoms with Gasteiger partial charge in [0.15, 0.2) is 0 Å². The van der Waals surface area contributed by atoms with Gasteiger partial charge in [0, 0.05) is 6.54 Å². The maximum absolute atomic E-state index is 12.5. The fourth-order valence-electron chi connectivity index (χ4n) is 2.33. The number of rotatable bonds is 1. The van der Waals surface area contributed by atoms with Crippen LogP contribution in [0.5, 0.6) is 0 Å². The molecule has 2 amide bonds. The van der Waals surface area contributed by atoms with Crippen LogP contribution in [0.3, 0.4) is 0 Å². The molecule has 1 heterocycles. The Morgan fingerprint density at radius 3 is 1.95 bits per heavy atom. The lowest BCUT2D eigenvalue weighted by Gasteiger charge is -2.43. The van der Waals surface area contributed by atoms with Crippen LogP contribution in [-0.4, -0.2) is 46.0 Å². The standard InChI is InChI=1S/C16H30N2O4/c1-8-12-10-9-11-17(13(19)21-15(2,3)4)18(12)14(20)22-16(5,6)7/h12H,8-11H2,1-7H3. The molecule has 0 aromatic rings. The van der Waals surface area contributed by atoms with Gasteiger partial charge in [0.1, 0.15) is 11.2 Å². The molecule has 1 aliphatic rings. The van der Waals surface area contributed by atoms with E-state index in [2.05, 4.69) is 0 Å². The zero-order chi connectivity index (χ0) is 17.1. The van der Waals surface area contributed by atoms with Crippen LogP contribution in [0.1, 0.15) is 67.7 Å². The number of hydrazine groups is 1. The van der Waals surface area contributed by atoms with E-state index in [1.165, 1.54) is 10.0 Å². The molecule has 0 radical (unpaired) electrons. The third-order valence-corrected chi connectivity index (χ3v) is 3.17. The molecule has 1 aliphatic heterocycles. The minimum absolute atomic E-state index is 0.0453. The molecule has 0 aliphatic carbocycles. The van der Waals surface area contributed by atoms with Crippen molar-refractivity contribution in [3.63, 3.8) is 0 Å². The average molecular weight is 314 g/mol. The number of carbonyl (C=O) groups excluding carboxylic acids is 2. The van der Waals surface area contributed by atoms with Gasteiger partial charge in [-0.05, 0) is 60.8 Å². The summed E-state index contributed by atoms with van der Waals surface area (Å²) >= 11 is 0. The molecule has 128 valence electrons. The zero-order valence-corrected chi connectivity index (χ0v) is 14.9. The first-order valence-electron chi connectivity index (χ1n) is 7.97. The summed E-state index contributed by atoms with van der Waals surface area (Å²) < 4.78 is 10.9. The Bertz CT molecular complexity index is 409. The topological polar surface area (TPSA) is 59.1 Å². The molecule has 0 saturated carbocycles. The second kappa shape index (κ2) is 6.75. The molecule has 0 aromatic carbocycles. The van der Waals surface area contributed by atoms with E-state index >= 15 is 0 Å². The van der Waals surface area contributed by atoms with Gasteiger partial charge >= 0.3 is 12.2 Å². The summed E-state index contributed by atoms with van der Waals surface area (Å²) in [5.41, 5.74) is -1.21. The molecule has 6 nitrogen and oxygen atoms in total. The van der Waals surface area contributed by atoms with Crippen LogP contribution in [0, 0.1) is 0 Å². The number of hydrogen-bond acceptors (Lipinski definition) is 4. The number of ether oxygens (including phenoxy) is 2. The van der Waals surface area contributed by atoms with Gasteiger partial charge in [-0.25, -0.2) is 19.6 Å². The first kappa shape index (κ1) is 18.6. The lowest BCUT2D eigenvalue weighted by Crippen LogP contribution is -2.59. The van der Waals surface area contributed by atoms with Crippen molar-refractivity contribution < 1.29 is 19.1 Å². The molecule has 6 heteroatoms. The van der Waals surface area contributed by atoms with Crippen LogP contribution in [0.15, 0.2) is 0 Å². The van der Waals surface area contributed by atoms with Gasteiger partial charge in [-0.15, -0.1) is 0 Å². The average Bonchev–Trinajstić information content (AvgIpc) is 2.33. The lowest BCUT2D eigenvalue weighted by atomic mass is 10.1. The minimum Gasteiger partial charge on any atom is -0.442 e. The van der Waals surface area contributed by atoms with Crippen molar-refractivity contribution in [2.24, 2.45) is 0 Å². The summed E-state index contributed by atoms with van der Waals surface area (Å²) in [6.45, 7) is 13.3. The van der Waals surface area contributed by atoms with E-state index in [0.29, 0.717) is 6.54 Å². The molecule has 0 aromatic heterocycles.